The largest absolute Gasteiger partial charge is 0.320 e. The topological polar surface area (TPSA) is 86.9 Å². The molecule has 5 N–H and O–H groups in total. The van der Waals surface area contributed by atoms with E-state index in [4.69, 9.17) is 0 Å². The van der Waals surface area contributed by atoms with E-state index in [0.29, 0.717) is 6.42 Å². The number of aldehydes is 1. The second-order valence-corrected chi connectivity index (χ2v) is 11.7. The highest BCUT2D eigenvalue weighted by Gasteiger charge is 2.11. The van der Waals surface area contributed by atoms with E-state index in [9.17, 15) is 4.79 Å². The number of hydrogen-bond donors (Lipinski definition) is 5. The number of carbonyl (C=O) groups is 1. The number of unbranched alkanes of at least 4 members (excludes halogenated alkanes) is 2. The third-order valence-corrected chi connectivity index (χ3v) is 8.03. The lowest BCUT2D eigenvalue weighted by Gasteiger charge is -2.27. The fourth-order valence-electron chi connectivity index (χ4n) is 5.52. The van der Waals surface area contributed by atoms with Crippen molar-refractivity contribution in [1.82, 2.24) is 41.3 Å². The molecule has 1 aromatic rings. The Morgan fingerprint density at radius 1 is 0.738 bits per heavy atom. The van der Waals surface area contributed by atoms with Gasteiger partial charge in [0, 0.05) is 58.8 Å². The summed E-state index contributed by atoms with van der Waals surface area (Å²) >= 11 is 0. The van der Waals surface area contributed by atoms with E-state index in [1.165, 1.54) is 36.8 Å². The van der Waals surface area contributed by atoms with Crippen molar-refractivity contribution in [3.05, 3.63) is 35.4 Å². The third kappa shape index (κ3) is 19.0. The summed E-state index contributed by atoms with van der Waals surface area (Å²) in [6.45, 7) is 18.2. The van der Waals surface area contributed by atoms with Crippen molar-refractivity contribution in [2.24, 2.45) is 0 Å². The highest BCUT2D eigenvalue weighted by atomic mass is 16.1. The van der Waals surface area contributed by atoms with Gasteiger partial charge in [0.05, 0.1) is 0 Å². The zero-order valence-electron chi connectivity index (χ0n) is 27.1. The highest BCUT2D eigenvalue weighted by Crippen LogP contribution is 2.11. The van der Waals surface area contributed by atoms with Crippen molar-refractivity contribution in [2.45, 2.75) is 58.0 Å². The van der Waals surface area contributed by atoms with Gasteiger partial charge in [-0.15, -0.1) is 0 Å². The van der Waals surface area contributed by atoms with Crippen LogP contribution in [-0.2, 0) is 17.9 Å². The van der Waals surface area contributed by atoms with Gasteiger partial charge in [-0.05, 0) is 123 Å². The summed E-state index contributed by atoms with van der Waals surface area (Å²) in [5.74, 6) is 0. The van der Waals surface area contributed by atoms with Crippen LogP contribution in [0.25, 0.3) is 0 Å². The molecular formula is C33H64N8O. The zero-order valence-corrected chi connectivity index (χ0v) is 27.1. The quantitative estimate of drug-likeness (QED) is 0.116. The second-order valence-electron chi connectivity index (χ2n) is 11.7. The first-order valence-corrected chi connectivity index (χ1v) is 16.8. The molecule has 1 aromatic carbocycles. The maximum atomic E-state index is 10.7. The molecule has 9 heteroatoms. The van der Waals surface area contributed by atoms with E-state index in [2.05, 4.69) is 65.5 Å². The molecule has 0 aromatic heterocycles. The van der Waals surface area contributed by atoms with Crippen molar-refractivity contribution in [2.75, 3.05) is 112 Å². The van der Waals surface area contributed by atoms with Gasteiger partial charge in [0.1, 0.15) is 6.29 Å². The predicted molar refractivity (Wildman–Crippen MR) is 178 cm³/mol. The van der Waals surface area contributed by atoms with E-state index in [1.807, 2.05) is 14.1 Å². The van der Waals surface area contributed by atoms with Crippen LogP contribution >= 0.6 is 0 Å². The number of hydrogen-bond acceptors (Lipinski definition) is 9. The lowest BCUT2D eigenvalue weighted by atomic mass is 10.1. The van der Waals surface area contributed by atoms with Crippen molar-refractivity contribution < 1.29 is 4.79 Å². The fourth-order valence-corrected chi connectivity index (χ4v) is 5.52. The van der Waals surface area contributed by atoms with Gasteiger partial charge in [-0.2, -0.15) is 0 Å². The summed E-state index contributed by atoms with van der Waals surface area (Å²) in [6, 6.07) is 9.39. The van der Waals surface area contributed by atoms with Gasteiger partial charge < -0.3 is 36.3 Å². The average molecular weight is 589 g/mol. The van der Waals surface area contributed by atoms with Gasteiger partial charge in [-0.25, -0.2) is 0 Å². The second kappa shape index (κ2) is 26.0. The number of nitrogens with one attached hydrogen (secondary N) is 5. The van der Waals surface area contributed by atoms with Crippen LogP contribution in [-0.4, -0.2) is 133 Å². The Kier molecular flexibility index (Phi) is 22.8. The first kappa shape index (κ1) is 36.8. The summed E-state index contributed by atoms with van der Waals surface area (Å²) < 4.78 is 0. The maximum absolute atomic E-state index is 10.7. The minimum absolute atomic E-state index is 0.689. The SMILES string of the molecule is CNCCCNCCN(CCCNC)Cc1ccc(CN2CCCN(CCCCC=O)CCNCCCNCC2)cc1. The Balaban J connectivity index is 1.88. The Morgan fingerprint density at radius 2 is 1.43 bits per heavy atom. The molecule has 0 spiro atoms. The standard InChI is InChI=1S/C33H64N8O/c1-34-14-6-16-36-20-27-40(23-8-15-35-2)30-32-10-12-33(13-11-32)31-41-25-9-24-39(22-4-3-5-29-42)26-19-37-17-7-18-38-21-28-41/h10-13,29,34-38H,3-9,14-28,30-31H2,1-2H3. The number of rotatable bonds is 20. The molecule has 0 aliphatic carbocycles. The lowest BCUT2D eigenvalue weighted by Crippen LogP contribution is -2.38. The van der Waals surface area contributed by atoms with Crippen molar-refractivity contribution >= 4 is 6.29 Å². The van der Waals surface area contributed by atoms with Crippen molar-refractivity contribution in [3.63, 3.8) is 0 Å². The van der Waals surface area contributed by atoms with E-state index in [-0.39, 0.29) is 0 Å². The summed E-state index contributed by atoms with van der Waals surface area (Å²) in [4.78, 5) is 18.5. The van der Waals surface area contributed by atoms with Crippen LogP contribution in [0, 0.1) is 0 Å². The third-order valence-electron chi connectivity index (χ3n) is 8.03. The monoisotopic (exact) mass is 589 g/mol. The number of benzene rings is 1. The molecule has 0 saturated carbocycles. The van der Waals surface area contributed by atoms with Gasteiger partial charge in [0.25, 0.3) is 0 Å². The van der Waals surface area contributed by atoms with Gasteiger partial charge in [0.2, 0.25) is 0 Å². The molecule has 1 heterocycles. The van der Waals surface area contributed by atoms with E-state index < -0.39 is 0 Å². The molecule has 0 bridgehead atoms. The molecule has 9 nitrogen and oxygen atoms in total. The minimum Gasteiger partial charge on any atom is -0.320 e. The smallest absolute Gasteiger partial charge is 0.119 e. The number of nitrogens with zero attached hydrogens (tertiary/aromatic N) is 3. The molecule has 42 heavy (non-hydrogen) atoms. The highest BCUT2D eigenvalue weighted by molar-refractivity contribution is 5.48. The Bertz CT molecular complexity index is 750. The Labute approximate surface area is 257 Å². The molecule has 1 aliphatic rings. The lowest BCUT2D eigenvalue weighted by molar-refractivity contribution is -0.107. The molecule has 0 atom stereocenters. The van der Waals surface area contributed by atoms with Gasteiger partial charge >= 0.3 is 0 Å². The molecule has 0 unspecified atom stereocenters. The summed E-state index contributed by atoms with van der Waals surface area (Å²) in [7, 11) is 4.05. The molecule has 1 fully saturated rings. The maximum Gasteiger partial charge on any atom is 0.119 e. The van der Waals surface area contributed by atoms with Crippen LogP contribution in [0.2, 0.25) is 0 Å². The predicted octanol–water partition coefficient (Wildman–Crippen LogP) is 1.74. The Hall–Kier alpha value is -1.43. The van der Waals surface area contributed by atoms with E-state index in [1.54, 1.807) is 0 Å². The van der Waals surface area contributed by atoms with E-state index in [0.717, 1.165) is 130 Å². The van der Waals surface area contributed by atoms with Gasteiger partial charge in [0.15, 0.2) is 0 Å². The minimum atomic E-state index is 0.689. The molecule has 1 aliphatic heterocycles. The zero-order chi connectivity index (χ0) is 29.9. The van der Waals surface area contributed by atoms with Gasteiger partial charge in [-0.1, -0.05) is 24.3 Å². The van der Waals surface area contributed by atoms with Crippen LogP contribution in [0.4, 0.5) is 0 Å². The Morgan fingerprint density at radius 3 is 2.17 bits per heavy atom. The van der Waals surface area contributed by atoms with Crippen LogP contribution in [0.15, 0.2) is 24.3 Å². The van der Waals surface area contributed by atoms with Crippen LogP contribution in [0.1, 0.15) is 56.1 Å². The first-order valence-electron chi connectivity index (χ1n) is 16.8. The number of carbonyl (C=O) groups excluding carboxylic acids is 1. The summed E-state index contributed by atoms with van der Waals surface area (Å²) in [6.07, 6.45) is 8.54. The molecule has 0 radical (unpaired) electrons. The normalized spacial score (nSPS) is 16.9. The van der Waals surface area contributed by atoms with E-state index >= 15 is 0 Å². The summed E-state index contributed by atoms with van der Waals surface area (Å²) in [5.41, 5.74) is 2.81. The van der Waals surface area contributed by atoms with Crippen LogP contribution in [0.5, 0.6) is 0 Å². The molecule has 0 amide bonds. The fraction of sp³-hybridized carbons (Fsp3) is 0.788. The molecular weight excluding hydrogens is 524 g/mol. The molecule has 2 rings (SSSR count). The molecule has 1 saturated heterocycles. The summed E-state index contributed by atoms with van der Waals surface area (Å²) in [5, 5.41) is 17.4. The first-order chi connectivity index (χ1) is 20.7. The molecule has 242 valence electrons. The van der Waals surface area contributed by atoms with Crippen LogP contribution in [0.3, 0.4) is 0 Å². The van der Waals surface area contributed by atoms with Crippen LogP contribution < -0.4 is 26.6 Å². The average Bonchev–Trinajstić information content (AvgIpc) is 3.00. The van der Waals surface area contributed by atoms with Crippen molar-refractivity contribution in [3.8, 4) is 0 Å². The van der Waals surface area contributed by atoms with Gasteiger partial charge in [-0.3, -0.25) is 9.80 Å². The van der Waals surface area contributed by atoms with Crippen molar-refractivity contribution in [1.29, 1.82) is 0 Å².